The third kappa shape index (κ3) is 2.10. The standard InChI is InChI=1S/C12H16O/c13-12-8-4-7-11(9-12)10-5-2-1-3-6-10/h1-3,5-6,11-13H,4,7-9H2/t11-,12?/m0/s1. The van der Waals surface area contributed by atoms with Crippen LogP contribution in [-0.4, -0.2) is 11.2 Å². The van der Waals surface area contributed by atoms with E-state index in [4.69, 9.17) is 0 Å². The number of hydrogen-bond donors (Lipinski definition) is 1. The molecule has 1 unspecified atom stereocenters. The monoisotopic (exact) mass is 176 g/mol. The number of aliphatic hydroxyl groups excluding tert-OH is 1. The van der Waals surface area contributed by atoms with Crippen LogP contribution in [-0.2, 0) is 0 Å². The molecule has 2 rings (SSSR count). The van der Waals surface area contributed by atoms with Crippen molar-refractivity contribution in [2.45, 2.75) is 37.7 Å². The van der Waals surface area contributed by atoms with E-state index in [1.807, 2.05) is 6.07 Å². The number of rotatable bonds is 1. The van der Waals surface area contributed by atoms with Crippen LogP contribution in [0.15, 0.2) is 30.3 Å². The molecule has 1 nitrogen and oxygen atoms in total. The summed E-state index contributed by atoms with van der Waals surface area (Å²) in [6, 6.07) is 10.5. The van der Waals surface area contributed by atoms with Gasteiger partial charge in [0.05, 0.1) is 6.10 Å². The zero-order valence-electron chi connectivity index (χ0n) is 7.82. The molecular formula is C12H16O. The summed E-state index contributed by atoms with van der Waals surface area (Å²) in [6.45, 7) is 0. The quantitative estimate of drug-likeness (QED) is 0.697. The first kappa shape index (κ1) is 8.76. The van der Waals surface area contributed by atoms with Crippen molar-refractivity contribution in [3.05, 3.63) is 35.9 Å². The van der Waals surface area contributed by atoms with Crippen molar-refractivity contribution in [3.63, 3.8) is 0 Å². The molecular weight excluding hydrogens is 160 g/mol. The second kappa shape index (κ2) is 3.93. The van der Waals surface area contributed by atoms with Gasteiger partial charge in [0.2, 0.25) is 0 Å². The Labute approximate surface area is 79.4 Å². The van der Waals surface area contributed by atoms with Crippen LogP contribution in [0, 0.1) is 0 Å². The van der Waals surface area contributed by atoms with Gasteiger partial charge in [0.25, 0.3) is 0 Å². The SMILES string of the molecule is OC1CCC[C@H](c2ccccc2)C1. The van der Waals surface area contributed by atoms with Crippen LogP contribution >= 0.6 is 0 Å². The van der Waals surface area contributed by atoms with Crippen molar-refractivity contribution in [2.75, 3.05) is 0 Å². The lowest BCUT2D eigenvalue weighted by Gasteiger charge is -2.25. The summed E-state index contributed by atoms with van der Waals surface area (Å²) in [6.07, 6.45) is 4.27. The second-order valence-electron chi connectivity index (χ2n) is 3.93. The Kier molecular flexibility index (Phi) is 2.65. The van der Waals surface area contributed by atoms with Crippen LogP contribution < -0.4 is 0 Å². The van der Waals surface area contributed by atoms with E-state index in [1.165, 1.54) is 18.4 Å². The van der Waals surface area contributed by atoms with Gasteiger partial charge < -0.3 is 5.11 Å². The Morgan fingerprint density at radius 3 is 2.54 bits per heavy atom. The van der Waals surface area contributed by atoms with E-state index in [-0.39, 0.29) is 6.10 Å². The minimum Gasteiger partial charge on any atom is -0.393 e. The van der Waals surface area contributed by atoms with Crippen LogP contribution in [0.3, 0.4) is 0 Å². The first-order chi connectivity index (χ1) is 6.36. The maximum Gasteiger partial charge on any atom is 0.0546 e. The second-order valence-corrected chi connectivity index (χ2v) is 3.93. The lowest BCUT2D eigenvalue weighted by atomic mass is 9.83. The molecule has 0 saturated heterocycles. The van der Waals surface area contributed by atoms with Crippen molar-refractivity contribution in [1.29, 1.82) is 0 Å². The van der Waals surface area contributed by atoms with Gasteiger partial charge in [-0.2, -0.15) is 0 Å². The predicted molar refractivity (Wildman–Crippen MR) is 53.7 cm³/mol. The highest BCUT2D eigenvalue weighted by molar-refractivity contribution is 5.20. The van der Waals surface area contributed by atoms with Crippen LogP contribution in [0.25, 0.3) is 0 Å². The summed E-state index contributed by atoms with van der Waals surface area (Å²) in [5.41, 5.74) is 1.39. The van der Waals surface area contributed by atoms with Gasteiger partial charge in [-0.25, -0.2) is 0 Å². The van der Waals surface area contributed by atoms with E-state index in [0.29, 0.717) is 5.92 Å². The lowest BCUT2D eigenvalue weighted by Crippen LogP contribution is -2.17. The first-order valence-electron chi connectivity index (χ1n) is 5.09. The van der Waals surface area contributed by atoms with E-state index in [9.17, 15) is 5.11 Å². The molecule has 1 aromatic rings. The van der Waals surface area contributed by atoms with Gasteiger partial charge in [0.15, 0.2) is 0 Å². The van der Waals surface area contributed by atoms with Gasteiger partial charge in [0, 0.05) is 0 Å². The molecule has 2 atom stereocenters. The van der Waals surface area contributed by atoms with Gasteiger partial charge in [-0.05, 0) is 30.7 Å². The molecule has 1 aliphatic carbocycles. The fraction of sp³-hybridized carbons (Fsp3) is 0.500. The fourth-order valence-corrected chi connectivity index (χ4v) is 2.19. The molecule has 1 N–H and O–H groups in total. The van der Waals surface area contributed by atoms with Gasteiger partial charge in [-0.1, -0.05) is 36.8 Å². The fourth-order valence-electron chi connectivity index (χ4n) is 2.19. The summed E-state index contributed by atoms with van der Waals surface area (Å²) in [5.74, 6) is 0.588. The molecule has 1 saturated carbocycles. The molecule has 70 valence electrons. The average molecular weight is 176 g/mol. The summed E-state index contributed by atoms with van der Waals surface area (Å²) in [7, 11) is 0. The van der Waals surface area contributed by atoms with Gasteiger partial charge in [-0.15, -0.1) is 0 Å². The van der Waals surface area contributed by atoms with Crippen LogP contribution in [0.4, 0.5) is 0 Å². The zero-order chi connectivity index (χ0) is 9.10. The molecule has 0 bridgehead atoms. The number of hydrogen-bond acceptors (Lipinski definition) is 1. The predicted octanol–water partition coefficient (Wildman–Crippen LogP) is 2.71. The molecule has 13 heavy (non-hydrogen) atoms. The van der Waals surface area contributed by atoms with Crippen molar-refractivity contribution in [2.24, 2.45) is 0 Å². The van der Waals surface area contributed by atoms with E-state index >= 15 is 0 Å². The molecule has 0 radical (unpaired) electrons. The smallest absolute Gasteiger partial charge is 0.0546 e. The summed E-state index contributed by atoms with van der Waals surface area (Å²) in [4.78, 5) is 0. The topological polar surface area (TPSA) is 20.2 Å². The molecule has 0 heterocycles. The third-order valence-corrected chi connectivity index (χ3v) is 2.92. The van der Waals surface area contributed by atoms with Gasteiger partial charge in [-0.3, -0.25) is 0 Å². The van der Waals surface area contributed by atoms with Gasteiger partial charge >= 0.3 is 0 Å². The maximum absolute atomic E-state index is 9.54. The Bertz CT molecular complexity index is 255. The summed E-state index contributed by atoms with van der Waals surface area (Å²) < 4.78 is 0. The molecule has 1 aromatic carbocycles. The van der Waals surface area contributed by atoms with E-state index < -0.39 is 0 Å². The van der Waals surface area contributed by atoms with Crippen molar-refractivity contribution in [1.82, 2.24) is 0 Å². The number of benzene rings is 1. The minimum atomic E-state index is -0.0704. The maximum atomic E-state index is 9.54. The van der Waals surface area contributed by atoms with Crippen LogP contribution in [0.5, 0.6) is 0 Å². The molecule has 0 aromatic heterocycles. The van der Waals surface area contributed by atoms with Crippen molar-refractivity contribution >= 4 is 0 Å². The molecule has 1 aliphatic rings. The highest BCUT2D eigenvalue weighted by atomic mass is 16.3. The Balaban J connectivity index is 2.08. The normalized spacial score (nSPS) is 28.7. The highest BCUT2D eigenvalue weighted by Crippen LogP contribution is 2.32. The summed E-state index contributed by atoms with van der Waals surface area (Å²) >= 11 is 0. The van der Waals surface area contributed by atoms with E-state index in [2.05, 4.69) is 24.3 Å². The third-order valence-electron chi connectivity index (χ3n) is 2.92. The first-order valence-corrected chi connectivity index (χ1v) is 5.09. The molecule has 1 heteroatoms. The Morgan fingerprint density at radius 1 is 1.08 bits per heavy atom. The highest BCUT2D eigenvalue weighted by Gasteiger charge is 2.20. The lowest BCUT2D eigenvalue weighted by molar-refractivity contribution is 0.119. The minimum absolute atomic E-state index is 0.0704. The Hall–Kier alpha value is -0.820. The van der Waals surface area contributed by atoms with Crippen molar-refractivity contribution in [3.8, 4) is 0 Å². The zero-order valence-corrected chi connectivity index (χ0v) is 7.82. The number of aliphatic hydroxyl groups is 1. The van der Waals surface area contributed by atoms with Gasteiger partial charge in [0.1, 0.15) is 0 Å². The summed E-state index contributed by atoms with van der Waals surface area (Å²) in [5, 5.41) is 9.54. The largest absolute Gasteiger partial charge is 0.393 e. The van der Waals surface area contributed by atoms with Crippen LogP contribution in [0.2, 0.25) is 0 Å². The molecule has 0 spiro atoms. The molecule has 1 fully saturated rings. The van der Waals surface area contributed by atoms with E-state index in [1.54, 1.807) is 0 Å². The van der Waals surface area contributed by atoms with Crippen LogP contribution in [0.1, 0.15) is 37.2 Å². The Morgan fingerprint density at radius 2 is 1.85 bits per heavy atom. The van der Waals surface area contributed by atoms with Crippen molar-refractivity contribution < 1.29 is 5.11 Å². The molecule has 0 aliphatic heterocycles. The molecule has 0 amide bonds. The average Bonchev–Trinajstić information content (AvgIpc) is 2.19. The van der Waals surface area contributed by atoms with E-state index in [0.717, 1.165) is 12.8 Å².